The summed E-state index contributed by atoms with van der Waals surface area (Å²) < 4.78 is 0. The van der Waals surface area contributed by atoms with E-state index in [0.717, 1.165) is 32.1 Å². The van der Waals surface area contributed by atoms with Gasteiger partial charge in [0.15, 0.2) is 0 Å². The van der Waals surface area contributed by atoms with Crippen molar-refractivity contribution in [3.63, 3.8) is 0 Å². The third kappa shape index (κ3) is 11.3. The van der Waals surface area contributed by atoms with Crippen LogP contribution < -0.4 is 21.3 Å². The first-order chi connectivity index (χ1) is 19.4. The van der Waals surface area contributed by atoms with E-state index in [9.17, 15) is 39.0 Å². The van der Waals surface area contributed by atoms with Crippen LogP contribution in [0.1, 0.15) is 97.8 Å². The molecule has 2 rings (SSSR count). The van der Waals surface area contributed by atoms with Gasteiger partial charge in [-0.2, -0.15) is 0 Å². The molecule has 0 radical (unpaired) electrons. The molecule has 0 heterocycles. The average molecular weight is 581 g/mol. The van der Waals surface area contributed by atoms with Crippen molar-refractivity contribution < 1.29 is 39.0 Å². The fraction of sp³-hybridized carbons (Fsp3) is 0.793. The first kappa shape index (κ1) is 34.0. The van der Waals surface area contributed by atoms with Gasteiger partial charge in [-0.15, -0.1) is 0 Å². The van der Waals surface area contributed by atoms with E-state index in [0.29, 0.717) is 45.1 Å². The number of hydrogen-bond acceptors (Lipinski definition) is 6. The van der Waals surface area contributed by atoms with Gasteiger partial charge < -0.3 is 31.5 Å². The van der Waals surface area contributed by atoms with Crippen LogP contribution in [0.2, 0.25) is 0 Å². The molecule has 12 nitrogen and oxygen atoms in total. The molecule has 4 amide bonds. The number of nitrogens with one attached hydrogen (secondary N) is 4. The third-order valence-electron chi connectivity index (χ3n) is 8.05. The molecule has 12 heteroatoms. The van der Waals surface area contributed by atoms with Crippen molar-refractivity contribution in [2.45, 2.75) is 116 Å². The van der Waals surface area contributed by atoms with Crippen LogP contribution in [0, 0.1) is 23.7 Å². The number of carboxylic acids is 2. The van der Waals surface area contributed by atoms with Gasteiger partial charge in [0.2, 0.25) is 23.6 Å². The van der Waals surface area contributed by atoms with E-state index in [2.05, 4.69) is 21.3 Å². The fourth-order valence-corrected chi connectivity index (χ4v) is 5.94. The summed E-state index contributed by atoms with van der Waals surface area (Å²) in [7, 11) is 0. The summed E-state index contributed by atoms with van der Waals surface area (Å²) in [6.45, 7) is 5.86. The zero-order valence-electron chi connectivity index (χ0n) is 24.6. The van der Waals surface area contributed by atoms with Gasteiger partial charge in [-0.05, 0) is 44.4 Å². The lowest BCUT2D eigenvalue weighted by atomic mass is 9.78. The van der Waals surface area contributed by atoms with Crippen LogP contribution in [-0.2, 0) is 28.8 Å². The zero-order chi connectivity index (χ0) is 30.5. The largest absolute Gasteiger partial charge is 0.481 e. The number of amides is 4. The average Bonchev–Trinajstić information content (AvgIpc) is 2.92. The van der Waals surface area contributed by atoms with Crippen LogP contribution in [0.25, 0.3) is 0 Å². The van der Waals surface area contributed by atoms with Gasteiger partial charge in [-0.1, -0.05) is 58.8 Å². The molecule has 3 unspecified atom stereocenters. The number of likely N-dealkylation sites (N-methyl/N-ethyl adjacent to an activating group) is 1. The predicted octanol–water partition coefficient (Wildman–Crippen LogP) is 1.96. The van der Waals surface area contributed by atoms with E-state index >= 15 is 0 Å². The molecule has 2 aliphatic rings. The summed E-state index contributed by atoms with van der Waals surface area (Å²) in [5.41, 5.74) is 0. The Labute approximate surface area is 242 Å². The van der Waals surface area contributed by atoms with Crippen molar-refractivity contribution in [2.24, 2.45) is 23.7 Å². The van der Waals surface area contributed by atoms with Crippen molar-refractivity contribution in [3.8, 4) is 0 Å². The first-order valence-electron chi connectivity index (χ1n) is 15.1. The summed E-state index contributed by atoms with van der Waals surface area (Å²) in [5, 5.41) is 29.6. The van der Waals surface area contributed by atoms with Crippen LogP contribution in [0.15, 0.2) is 0 Å². The highest BCUT2D eigenvalue weighted by molar-refractivity contribution is 5.96. The highest BCUT2D eigenvalue weighted by atomic mass is 16.4. The Balaban J connectivity index is 2.23. The smallest absolute Gasteiger partial charge is 0.307 e. The van der Waals surface area contributed by atoms with Crippen molar-refractivity contribution in [1.29, 1.82) is 0 Å². The Hall–Kier alpha value is -3.18. The molecule has 41 heavy (non-hydrogen) atoms. The number of carbonyl (C=O) groups excluding carboxylic acids is 4. The molecule has 232 valence electrons. The van der Waals surface area contributed by atoms with Crippen molar-refractivity contribution in [2.75, 3.05) is 6.54 Å². The van der Waals surface area contributed by atoms with Crippen molar-refractivity contribution >= 4 is 35.6 Å². The molecule has 0 saturated heterocycles. The van der Waals surface area contributed by atoms with Gasteiger partial charge in [0, 0.05) is 6.54 Å². The molecule has 6 N–H and O–H groups in total. The second-order valence-electron chi connectivity index (χ2n) is 11.9. The Kier molecular flexibility index (Phi) is 14.1. The maximum Gasteiger partial charge on any atom is 0.307 e. The molecule has 0 spiro atoms. The van der Waals surface area contributed by atoms with Gasteiger partial charge in [0.1, 0.15) is 18.1 Å². The van der Waals surface area contributed by atoms with Gasteiger partial charge in [-0.3, -0.25) is 28.8 Å². The lowest BCUT2D eigenvalue weighted by Gasteiger charge is -2.31. The molecule has 2 saturated carbocycles. The Bertz CT molecular complexity index is 934. The third-order valence-corrected chi connectivity index (χ3v) is 8.05. The van der Waals surface area contributed by atoms with Gasteiger partial charge >= 0.3 is 11.9 Å². The Morgan fingerprint density at radius 1 is 0.707 bits per heavy atom. The quantitative estimate of drug-likeness (QED) is 0.169. The van der Waals surface area contributed by atoms with Gasteiger partial charge in [0.05, 0.1) is 18.3 Å². The summed E-state index contributed by atoms with van der Waals surface area (Å²) in [6.07, 6.45) is 6.97. The van der Waals surface area contributed by atoms with Gasteiger partial charge in [0.25, 0.3) is 0 Å². The minimum atomic E-state index is -1.48. The number of carboxylic acid groups (broad SMARTS) is 2. The molecule has 0 aromatic rings. The summed E-state index contributed by atoms with van der Waals surface area (Å²) >= 11 is 0. The second-order valence-corrected chi connectivity index (χ2v) is 11.9. The number of aliphatic carboxylic acids is 2. The lowest BCUT2D eigenvalue weighted by molar-refractivity contribution is -0.149. The monoisotopic (exact) mass is 580 g/mol. The van der Waals surface area contributed by atoms with Crippen molar-refractivity contribution in [1.82, 2.24) is 21.3 Å². The molecular weight excluding hydrogens is 532 g/mol. The first-order valence-corrected chi connectivity index (χ1v) is 15.1. The van der Waals surface area contributed by atoms with E-state index in [1.165, 1.54) is 0 Å². The molecule has 2 aliphatic carbocycles. The van der Waals surface area contributed by atoms with Crippen LogP contribution in [0.4, 0.5) is 0 Å². The maximum absolute atomic E-state index is 13.6. The number of rotatable bonds is 15. The summed E-state index contributed by atoms with van der Waals surface area (Å²) in [5.74, 6) is -6.18. The second kappa shape index (κ2) is 16.9. The fourth-order valence-electron chi connectivity index (χ4n) is 5.94. The van der Waals surface area contributed by atoms with E-state index in [-0.39, 0.29) is 11.8 Å². The minimum absolute atomic E-state index is 0.0555. The van der Waals surface area contributed by atoms with Gasteiger partial charge in [-0.25, -0.2) is 0 Å². The van der Waals surface area contributed by atoms with E-state index < -0.39 is 71.9 Å². The number of carbonyl (C=O) groups is 6. The minimum Gasteiger partial charge on any atom is -0.481 e. The highest BCUT2D eigenvalue weighted by Gasteiger charge is 2.38. The van der Waals surface area contributed by atoms with E-state index in [4.69, 9.17) is 0 Å². The molecule has 0 aromatic carbocycles. The summed E-state index contributed by atoms with van der Waals surface area (Å²) in [4.78, 5) is 76.0. The Morgan fingerprint density at radius 3 is 1.83 bits per heavy atom. The van der Waals surface area contributed by atoms with E-state index in [1.54, 1.807) is 6.92 Å². The van der Waals surface area contributed by atoms with E-state index in [1.807, 2.05) is 13.8 Å². The van der Waals surface area contributed by atoms with Crippen LogP contribution >= 0.6 is 0 Å². The van der Waals surface area contributed by atoms with Crippen LogP contribution in [-0.4, -0.2) is 70.5 Å². The van der Waals surface area contributed by atoms with Crippen molar-refractivity contribution in [3.05, 3.63) is 0 Å². The SMILES string of the molecule is CCNC(=O)C(CC(C)C)NC(=O)[C@H](CC(=O)O)NC(=O)[C@H](CC1CCCCC1)NC(=O)C1CCCCC1C(=O)O. The normalized spacial score (nSPS) is 21.7. The maximum atomic E-state index is 13.6. The standard InChI is InChI=1S/C29H48N4O8/c1-4-30-26(37)21(14-17(2)3)32-28(39)23(16-24(34)35)33-27(38)22(15-18-10-6-5-7-11-18)31-25(36)19-12-8-9-13-20(19)29(40)41/h17-23H,4-16H2,1-3H3,(H,30,37)(H,31,36)(H,32,39)(H,33,38)(H,34,35)(H,40,41)/t19?,20?,21?,22-,23-/m0/s1. The lowest BCUT2D eigenvalue weighted by Crippen LogP contribution is -2.58. The zero-order valence-corrected chi connectivity index (χ0v) is 24.6. The molecular formula is C29H48N4O8. The molecule has 5 atom stereocenters. The highest BCUT2D eigenvalue weighted by Crippen LogP contribution is 2.31. The molecule has 0 aromatic heterocycles. The number of hydrogen-bond donors (Lipinski definition) is 6. The van der Waals surface area contributed by atoms with Crippen LogP contribution in [0.3, 0.4) is 0 Å². The Morgan fingerprint density at radius 2 is 1.27 bits per heavy atom. The topological polar surface area (TPSA) is 191 Å². The predicted molar refractivity (Wildman–Crippen MR) is 150 cm³/mol. The molecule has 2 fully saturated rings. The summed E-state index contributed by atoms with van der Waals surface area (Å²) in [6, 6.07) is -3.44. The van der Waals surface area contributed by atoms with Crippen LogP contribution in [0.5, 0.6) is 0 Å². The molecule has 0 bridgehead atoms. The molecule has 0 aliphatic heterocycles.